The van der Waals surface area contributed by atoms with Crippen molar-refractivity contribution in [2.45, 2.75) is 32.6 Å². The molecule has 2 amide bonds. The molecular formula is C16H22N2O3. The van der Waals surface area contributed by atoms with E-state index in [1.165, 1.54) is 0 Å². The van der Waals surface area contributed by atoms with Gasteiger partial charge in [-0.1, -0.05) is 38.5 Å². The minimum atomic E-state index is -0.836. The van der Waals surface area contributed by atoms with E-state index in [1.807, 2.05) is 24.3 Å². The number of carbonyl (C=O) groups is 2. The van der Waals surface area contributed by atoms with Gasteiger partial charge in [0.25, 0.3) is 0 Å². The van der Waals surface area contributed by atoms with Gasteiger partial charge in [-0.15, -0.1) is 0 Å². The predicted molar refractivity (Wildman–Crippen MR) is 81.6 cm³/mol. The first-order chi connectivity index (χ1) is 10.0. The van der Waals surface area contributed by atoms with Crippen LogP contribution in [0, 0.1) is 5.92 Å². The largest absolute Gasteiger partial charge is 0.481 e. The molecule has 2 rings (SSSR count). The lowest BCUT2D eigenvalue weighted by Gasteiger charge is -2.20. The number of hydrogen-bond donors (Lipinski definition) is 2. The zero-order chi connectivity index (χ0) is 15.4. The fraction of sp³-hybridized carbons (Fsp3) is 0.500. The summed E-state index contributed by atoms with van der Waals surface area (Å²) in [6.45, 7) is 5.24. The summed E-state index contributed by atoms with van der Waals surface area (Å²) in [5.41, 5.74) is 1.77. The molecule has 0 saturated carbocycles. The van der Waals surface area contributed by atoms with Crippen molar-refractivity contribution in [2.75, 3.05) is 18.0 Å². The van der Waals surface area contributed by atoms with E-state index in [4.69, 9.17) is 5.11 Å². The molecule has 0 aromatic heterocycles. The maximum Gasteiger partial charge on any atom is 0.321 e. The Kier molecular flexibility index (Phi) is 4.83. The number of hydrogen-bond acceptors (Lipinski definition) is 2. The van der Waals surface area contributed by atoms with Gasteiger partial charge in [-0.3, -0.25) is 9.69 Å². The third-order valence-electron chi connectivity index (χ3n) is 4.04. The van der Waals surface area contributed by atoms with Crippen molar-refractivity contribution in [1.29, 1.82) is 0 Å². The van der Waals surface area contributed by atoms with Gasteiger partial charge in [0.1, 0.15) is 0 Å². The summed E-state index contributed by atoms with van der Waals surface area (Å²) in [7, 11) is 0. The lowest BCUT2D eigenvalue weighted by Crippen LogP contribution is -2.41. The van der Waals surface area contributed by atoms with E-state index in [0.717, 1.165) is 17.7 Å². The predicted octanol–water partition coefficient (Wildman–Crippen LogP) is 2.82. The van der Waals surface area contributed by atoms with Crippen LogP contribution in [-0.4, -0.2) is 30.2 Å². The molecule has 114 valence electrons. The van der Waals surface area contributed by atoms with Crippen LogP contribution in [0.1, 0.15) is 38.2 Å². The number of para-hydroxylation sites is 1. The molecule has 0 spiro atoms. The van der Waals surface area contributed by atoms with Crippen LogP contribution in [-0.2, 0) is 4.79 Å². The second-order valence-corrected chi connectivity index (χ2v) is 5.66. The van der Waals surface area contributed by atoms with Crippen molar-refractivity contribution in [3.63, 3.8) is 0 Å². The number of amides is 2. The number of carboxylic acid groups (broad SMARTS) is 1. The number of carboxylic acids is 1. The molecule has 2 unspecified atom stereocenters. The van der Waals surface area contributed by atoms with Gasteiger partial charge in [0, 0.05) is 24.7 Å². The quantitative estimate of drug-likeness (QED) is 0.876. The number of nitrogens with zero attached hydrogens (tertiary/aromatic N) is 1. The molecule has 1 aromatic carbocycles. The van der Waals surface area contributed by atoms with Gasteiger partial charge in [-0.2, -0.15) is 0 Å². The summed E-state index contributed by atoms with van der Waals surface area (Å²) >= 11 is 0. The molecule has 0 fully saturated rings. The molecule has 0 radical (unpaired) electrons. The molecule has 1 aliphatic rings. The third kappa shape index (κ3) is 3.54. The highest BCUT2D eigenvalue weighted by Crippen LogP contribution is 2.37. The van der Waals surface area contributed by atoms with E-state index in [9.17, 15) is 9.59 Å². The first-order valence-corrected chi connectivity index (χ1v) is 7.39. The van der Waals surface area contributed by atoms with E-state index in [1.54, 1.807) is 4.90 Å². The van der Waals surface area contributed by atoms with Crippen LogP contribution in [0.2, 0.25) is 0 Å². The molecule has 5 heteroatoms. The Morgan fingerprint density at radius 3 is 2.81 bits per heavy atom. The smallest absolute Gasteiger partial charge is 0.321 e. The van der Waals surface area contributed by atoms with E-state index in [0.29, 0.717) is 19.0 Å². The molecule has 0 aliphatic carbocycles. The van der Waals surface area contributed by atoms with Crippen molar-refractivity contribution in [2.24, 2.45) is 5.92 Å². The van der Waals surface area contributed by atoms with Crippen LogP contribution < -0.4 is 10.2 Å². The maximum atomic E-state index is 12.3. The standard InChI is InChI=1S/C16H22N2O3/c1-3-11(2)9-17-16(21)18-10-12(8-15(19)20)13-6-4-5-7-14(13)18/h4-7,11-12H,3,8-10H2,1-2H3,(H,17,21)(H,19,20). The topological polar surface area (TPSA) is 69.6 Å². The lowest BCUT2D eigenvalue weighted by molar-refractivity contribution is -0.137. The Balaban J connectivity index is 2.11. The first-order valence-electron chi connectivity index (χ1n) is 7.39. The number of aliphatic carboxylic acids is 1. The molecule has 2 N–H and O–H groups in total. The minimum Gasteiger partial charge on any atom is -0.481 e. The van der Waals surface area contributed by atoms with Crippen molar-refractivity contribution < 1.29 is 14.7 Å². The Labute approximate surface area is 125 Å². The van der Waals surface area contributed by atoms with Gasteiger partial charge in [0.05, 0.1) is 6.42 Å². The minimum absolute atomic E-state index is 0.0478. The summed E-state index contributed by atoms with van der Waals surface area (Å²) in [6.07, 6.45) is 1.06. The highest BCUT2D eigenvalue weighted by atomic mass is 16.4. The Morgan fingerprint density at radius 1 is 1.43 bits per heavy atom. The Hall–Kier alpha value is -2.04. The summed E-state index contributed by atoms with van der Waals surface area (Å²) in [6, 6.07) is 7.39. The SMILES string of the molecule is CCC(C)CNC(=O)N1CC(CC(=O)O)c2ccccc21. The average Bonchev–Trinajstić information content (AvgIpc) is 2.83. The van der Waals surface area contributed by atoms with Gasteiger partial charge in [-0.25, -0.2) is 4.79 Å². The third-order valence-corrected chi connectivity index (χ3v) is 4.04. The zero-order valence-corrected chi connectivity index (χ0v) is 12.5. The molecule has 5 nitrogen and oxygen atoms in total. The normalized spacial score (nSPS) is 18.2. The molecular weight excluding hydrogens is 268 g/mol. The highest BCUT2D eigenvalue weighted by molar-refractivity contribution is 5.95. The van der Waals surface area contributed by atoms with E-state index >= 15 is 0 Å². The maximum absolute atomic E-state index is 12.3. The van der Waals surface area contributed by atoms with Crippen LogP contribution in [0.3, 0.4) is 0 Å². The van der Waals surface area contributed by atoms with E-state index in [2.05, 4.69) is 19.2 Å². The van der Waals surface area contributed by atoms with Crippen LogP contribution in [0.25, 0.3) is 0 Å². The molecule has 1 aromatic rings. The zero-order valence-electron chi connectivity index (χ0n) is 12.5. The summed E-state index contributed by atoms with van der Waals surface area (Å²) < 4.78 is 0. The summed E-state index contributed by atoms with van der Waals surface area (Å²) in [4.78, 5) is 25.0. The fourth-order valence-corrected chi connectivity index (χ4v) is 2.57. The fourth-order valence-electron chi connectivity index (χ4n) is 2.57. The van der Waals surface area contributed by atoms with Gasteiger partial charge in [0.15, 0.2) is 0 Å². The lowest BCUT2D eigenvalue weighted by atomic mass is 9.98. The monoisotopic (exact) mass is 290 g/mol. The first kappa shape index (κ1) is 15.4. The summed E-state index contributed by atoms with van der Waals surface area (Å²) in [5.74, 6) is -0.536. The summed E-state index contributed by atoms with van der Waals surface area (Å²) in [5, 5.41) is 11.9. The van der Waals surface area contributed by atoms with Gasteiger partial charge in [0.2, 0.25) is 0 Å². The molecule has 0 saturated heterocycles. The molecule has 2 atom stereocenters. The van der Waals surface area contributed by atoms with Crippen LogP contribution in [0.5, 0.6) is 0 Å². The van der Waals surface area contributed by atoms with Crippen LogP contribution in [0.4, 0.5) is 10.5 Å². The van der Waals surface area contributed by atoms with E-state index < -0.39 is 5.97 Å². The molecule has 1 heterocycles. The Bertz CT molecular complexity index is 530. The second kappa shape index (κ2) is 6.61. The highest BCUT2D eigenvalue weighted by Gasteiger charge is 2.33. The van der Waals surface area contributed by atoms with Gasteiger partial charge in [-0.05, 0) is 17.5 Å². The Morgan fingerprint density at radius 2 is 2.14 bits per heavy atom. The van der Waals surface area contributed by atoms with Gasteiger partial charge >= 0.3 is 12.0 Å². The number of anilines is 1. The average molecular weight is 290 g/mol. The van der Waals surface area contributed by atoms with Crippen molar-refractivity contribution >= 4 is 17.7 Å². The van der Waals surface area contributed by atoms with Gasteiger partial charge < -0.3 is 10.4 Å². The number of urea groups is 1. The number of benzene rings is 1. The van der Waals surface area contributed by atoms with Crippen molar-refractivity contribution in [3.05, 3.63) is 29.8 Å². The number of rotatable bonds is 5. The second-order valence-electron chi connectivity index (χ2n) is 5.66. The van der Waals surface area contributed by atoms with Crippen molar-refractivity contribution in [3.8, 4) is 0 Å². The number of fused-ring (bicyclic) bond motifs is 1. The number of carbonyl (C=O) groups excluding carboxylic acids is 1. The number of nitrogens with one attached hydrogen (secondary N) is 1. The van der Waals surface area contributed by atoms with E-state index in [-0.39, 0.29) is 18.4 Å². The molecule has 21 heavy (non-hydrogen) atoms. The van der Waals surface area contributed by atoms with Crippen LogP contribution >= 0.6 is 0 Å². The molecule has 1 aliphatic heterocycles. The molecule has 0 bridgehead atoms. The van der Waals surface area contributed by atoms with Crippen LogP contribution in [0.15, 0.2) is 24.3 Å². The van der Waals surface area contributed by atoms with Crippen molar-refractivity contribution in [1.82, 2.24) is 5.32 Å².